The molecule has 0 bridgehead atoms. The van der Waals surface area contributed by atoms with E-state index in [9.17, 15) is 9.59 Å². The van der Waals surface area contributed by atoms with Crippen LogP contribution in [0.25, 0.3) is 11.3 Å². The highest BCUT2D eigenvalue weighted by atomic mass is 16.2. The minimum absolute atomic E-state index is 0.00721. The highest BCUT2D eigenvalue weighted by Crippen LogP contribution is 2.36. The molecule has 2 aromatic rings. The zero-order valence-electron chi connectivity index (χ0n) is 16.5. The third-order valence-electron chi connectivity index (χ3n) is 6.16. The maximum absolute atomic E-state index is 12.9. The fourth-order valence-corrected chi connectivity index (χ4v) is 3.95. The van der Waals surface area contributed by atoms with E-state index < -0.39 is 0 Å². The highest BCUT2D eigenvalue weighted by Gasteiger charge is 2.42. The first-order chi connectivity index (χ1) is 13.5. The lowest BCUT2D eigenvalue weighted by atomic mass is 10.1. The maximum Gasteiger partial charge on any atom is 0.253 e. The summed E-state index contributed by atoms with van der Waals surface area (Å²) in [6.45, 7) is 2.10. The Kier molecular flexibility index (Phi) is 4.92. The number of aromatic nitrogens is 1. The average Bonchev–Trinajstić information content (AvgIpc) is 3.24. The standard InChI is InChI=1S/C23H27N3O2/c1-23(12-13-23)25-21(27)18-10-11-19(15-18)26(2)22(28)17-8-6-16(7-9-17)20-5-3-4-14-24-20/h3-9,14,18-19H,10-13,15H2,1-2H3,(H,25,27)/t18-,19+/m0/s1. The summed E-state index contributed by atoms with van der Waals surface area (Å²) in [5.74, 6) is 0.181. The van der Waals surface area contributed by atoms with Crippen molar-refractivity contribution >= 4 is 11.8 Å². The number of hydrogen-bond donors (Lipinski definition) is 1. The van der Waals surface area contributed by atoms with Gasteiger partial charge in [0, 0.05) is 41.9 Å². The molecule has 2 aliphatic carbocycles. The second-order valence-corrected chi connectivity index (χ2v) is 8.42. The van der Waals surface area contributed by atoms with Crippen LogP contribution in [-0.4, -0.2) is 40.3 Å². The van der Waals surface area contributed by atoms with Gasteiger partial charge in [-0.05, 0) is 63.3 Å². The number of carbonyl (C=O) groups excluding carboxylic acids is 2. The molecule has 1 aromatic carbocycles. The first kappa shape index (κ1) is 18.7. The van der Waals surface area contributed by atoms with Crippen molar-refractivity contribution in [2.24, 2.45) is 5.92 Å². The fraction of sp³-hybridized carbons (Fsp3) is 0.435. The van der Waals surface area contributed by atoms with Gasteiger partial charge in [-0.15, -0.1) is 0 Å². The summed E-state index contributed by atoms with van der Waals surface area (Å²) in [5, 5.41) is 3.17. The van der Waals surface area contributed by atoms with Crippen LogP contribution in [0, 0.1) is 5.92 Å². The number of carbonyl (C=O) groups is 2. The zero-order valence-corrected chi connectivity index (χ0v) is 16.5. The Hall–Kier alpha value is -2.69. The van der Waals surface area contributed by atoms with Crippen molar-refractivity contribution in [1.82, 2.24) is 15.2 Å². The lowest BCUT2D eigenvalue weighted by Crippen LogP contribution is -2.39. The van der Waals surface area contributed by atoms with Crippen LogP contribution < -0.4 is 5.32 Å². The number of hydrogen-bond acceptors (Lipinski definition) is 3. The van der Waals surface area contributed by atoms with E-state index in [4.69, 9.17) is 0 Å². The molecule has 1 aromatic heterocycles. The van der Waals surface area contributed by atoms with E-state index in [1.807, 2.05) is 54.4 Å². The molecule has 0 spiro atoms. The van der Waals surface area contributed by atoms with Crippen LogP contribution in [0.15, 0.2) is 48.7 Å². The molecule has 2 fully saturated rings. The van der Waals surface area contributed by atoms with Crippen molar-refractivity contribution < 1.29 is 9.59 Å². The van der Waals surface area contributed by atoms with Gasteiger partial charge in [0.2, 0.25) is 5.91 Å². The second kappa shape index (κ2) is 7.38. The van der Waals surface area contributed by atoms with E-state index >= 15 is 0 Å². The minimum Gasteiger partial charge on any atom is -0.351 e. The Balaban J connectivity index is 1.37. The van der Waals surface area contributed by atoms with Crippen LogP contribution in [0.5, 0.6) is 0 Å². The predicted molar refractivity (Wildman–Crippen MR) is 109 cm³/mol. The molecule has 28 heavy (non-hydrogen) atoms. The molecule has 5 nitrogen and oxygen atoms in total. The summed E-state index contributed by atoms with van der Waals surface area (Å²) >= 11 is 0. The molecule has 0 unspecified atom stereocenters. The molecule has 0 aliphatic heterocycles. The lowest BCUT2D eigenvalue weighted by molar-refractivity contribution is -0.125. The topological polar surface area (TPSA) is 62.3 Å². The van der Waals surface area contributed by atoms with Crippen molar-refractivity contribution in [2.75, 3.05) is 7.05 Å². The molecular weight excluding hydrogens is 350 g/mol. The first-order valence-electron chi connectivity index (χ1n) is 10.1. The van der Waals surface area contributed by atoms with Crippen LogP contribution in [0.3, 0.4) is 0 Å². The molecule has 0 radical (unpaired) electrons. The Morgan fingerprint density at radius 2 is 1.86 bits per heavy atom. The van der Waals surface area contributed by atoms with Crippen LogP contribution in [0.1, 0.15) is 49.4 Å². The van der Waals surface area contributed by atoms with Crippen molar-refractivity contribution in [2.45, 2.75) is 50.6 Å². The number of rotatable bonds is 5. The van der Waals surface area contributed by atoms with Crippen molar-refractivity contribution in [3.63, 3.8) is 0 Å². The third kappa shape index (κ3) is 3.93. The zero-order chi connectivity index (χ0) is 19.7. The summed E-state index contributed by atoms with van der Waals surface area (Å²) in [4.78, 5) is 31.5. The molecule has 5 heteroatoms. The summed E-state index contributed by atoms with van der Waals surface area (Å²) < 4.78 is 0. The van der Waals surface area contributed by atoms with E-state index in [0.29, 0.717) is 5.56 Å². The molecule has 2 amide bonds. The Morgan fingerprint density at radius 3 is 2.50 bits per heavy atom. The van der Waals surface area contributed by atoms with Gasteiger partial charge in [0.15, 0.2) is 0 Å². The normalized spacial score (nSPS) is 22.5. The molecule has 1 N–H and O–H groups in total. The molecule has 2 atom stereocenters. The van der Waals surface area contributed by atoms with E-state index in [0.717, 1.165) is 43.4 Å². The SMILES string of the molecule is CN(C(=O)c1ccc(-c2ccccn2)cc1)[C@@H]1CC[C@H](C(=O)NC2(C)CC2)C1. The molecule has 2 saturated carbocycles. The van der Waals surface area contributed by atoms with E-state index in [-0.39, 0.29) is 29.3 Å². The second-order valence-electron chi connectivity index (χ2n) is 8.42. The van der Waals surface area contributed by atoms with Crippen LogP contribution in [0.2, 0.25) is 0 Å². The first-order valence-corrected chi connectivity index (χ1v) is 10.1. The largest absolute Gasteiger partial charge is 0.351 e. The van der Waals surface area contributed by atoms with Gasteiger partial charge in [0.25, 0.3) is 5.91 Å². The Morgan fingerprint density at radius 1 is 1.11 bits per heavy atom. The van der Waals surface area contributed by atoms with Gasteiger partial charge in [-0.3, -0.25) is 14.6 Å². The van der Waals surface area contributed by atoms with Gasteiger partial charge < -0.3 is 10.2 Å². The molecule has 2 aliphatic rings. The van der Waals surface area contributed by atoms with Crippen molar-refractivity contribution in [3.05, 3.63) is 54.2 Å². The Labute approximate surface area is 166 Å². The molecule has 4 rings (SSSR count). The third-order valence-corrected chi connectivity index (χ3v) is 6.16. The van der Waals surface area contributed by atoms with Gasteiger partial charge in [-0.1, -0.05) is 18.2 Å². The summed E-state index contributed by atoms with van der Waals surface area (Å²) in [6.07, 6.45) is 6.38. The van der Waals surface area contributed by atoms with Crippen LogP contribution in [-0.2, 0) is 4.79 Å². The fourth-order valence-electron chi connectivity index (χ4n) is 3.95. The van der Waals surface area contributed by atoms with Gasteiger partial charge in [-0.2, -0.15) is 0 Å². The summed E-state index contributed by atoms with van der Waals surface area (Å²) in [7, 11) is 1.85. The minimum atomic E-state index is 0.00721. The smallest absolute Gasteiger partial charge is 0.253 e. The molecule has 146 valence electrons. The number of amides is 2. The molecule has 1 heterocycles. The maximum atomic E-state index is 12.9. The molecule has 0 saturated heterocycles. The van der Waals surface area contributed by atoms with Gasteiger partial charge in [-0.25, -0.2) is 0 Å². The lowest BCUT2D eigenvalue weighted by Gasteiger charge is -2.25. The Bertz CT molecular complexity index is 859. The summed E-state index contributed by atoms with van der Waals surface area (Å²) in [5.41, 5.74) is 2.57. The van der Waals surface area contributed by atoms with Gasteiger partial charge in [0.1, 0.15) is 0 Å². The predicted octanol–water partition coefficient (Wildman–Crippen LogP) is 3.66. The van der Waals surface area contributed by atoms with E-state index in [1.165, 1.54) is 0 Å². The van der Waals surface area contributed by atoms with E-state index in [2.05, 4.69) is 17.2 Å². The van der Waals surface area contributed by atoms with Crippen LogP contribution in [0.4, 0.5) is 0 Å². The molecular formula is C23H27N3O2. The number of pyridine rings is 1. The highest BCUT2D eigenvalue weighted by molar-refractivity contribution is 5.94. The van der Waals surface area contributed by atoms with Gasteiger partial charge >= 0.3 is 0 Å². The quantitative estimate of drug-likeness (QED) is 0.865. The van der Waals surface area contributed by atoms with Crippen LogP contribution >= 0.6 is 0 Å². The van der Waals surface area contributed by atoms with E-state index in [1.54, 1.807) is 6.20 Å². The van der Waals surface area contributed by atoms with Gasteiger partial charge in [0.05, 0.1) is 5.69 Å². The average molecular weight is 377 g/mol. The number of nitrogens with one attached hydrogen (secondary N) is 1. The van der Waals surface area contributed by atoms with Crippen molar-refractivity contribution in [3.8, 4) is 11.3 Å². The number of benzene rings is 1. The number of nitrogens with zero attached hydrogens (tertiary/aromatic N) is 2. The summed E-state index contributed by atoms with van der Waals surface area (Å²) in [6, 6.07) is 13.5. The monoisotopic (exact) mass is 377 g/mol. The van der Waals surface area contributed by atoms with Crippen molar-refractivity contribution in [1.29, 1.82) is 0 Å².